The van der Waals surface area contributed by atoms with Gasteiger partial charge in [0.2, 0.25) is 0 Å². The molecule has 3 heterocycles. The summed E-state index contributed by atoms with van der Waals surface area (Å²) in [4.78, 5) is 16.8. The molecule has 7 heteroatoms. The molecule has 0 saturated carbocycles. The molecule has 4 atom stereocenters. The summed E-state index contributed by atoms with van der Waals surface area (Å²) >= 11 is 0. The largest absolute Gasteiger partial charge is 0.496 e. The van der Waals surface area contributed by atoms with Gasteiger partial charge in [0.25, 0.3) is 0 Å². The smallest absolute Gasteiger partial charge is 0.335 e. The minimum atomic E-state index is -0.937. The predicted molar refractivity (Wildman–Crippen MR) is 121 cm³/mol. The summed E-state index contributed by atoms with van der Waals surface area (Å²) < 4.78 is 20.2. The van der Waals surface area contributed by atoms with E-state index in [2.05, 4.69) is 34.3 Å². The van der Waals surface area contributed by atoms with Crippen LogP contribution in [0.1, 0.15) is 39.5 Å². The van der Waals surface area contributed by atoms with Crippen molar-refractivity contribution in [2.45, 2.75) is 44.1 Å². The Labute approximate surface area is 186 Å². The molecule has 6 nitrogen and oxygen atoms in total. The normalized spacial score (nSPS) is 25.7. The standard InChI is InChI=1S/C25H28FN3O3/c1-14-9-23(32-2)19(18-7-8-27-24(14)18)11-20-22-10-17(26)12-29(22)13-21(28-20)15-3-5-16(6-4-15)25(30)31/h3-9,17,20-22,27-28H,10-13H2,1-2H3,(H,30,31)/t17-,20-,21+,22-/m1/s1. The lowest BCUT2D eigenvalue weighted by molar-refractivity contribution is 0.0696. The average molecular weight is 438 g/mol. The van der Waals surface area contributed by atoms with Gasteiger partial charge in [-0.05, 0) is 55.2 Å². The molecule has 32 heavy (non-hydrogen) atoms. The summed E-state index contributed by atoms with van der Waals surface area (Å²) in [7, 11) is 1.69. The van der Waals surface area contributed by atoms with Gasteiger partial charge in [-0.2, -0.15) is 0 Å². The van der Waals surface area contributed by atoms with E-state index in [1.807, 2.05) is 18.3 Å². The van der Waals surface area contributed by atoms with Crippen molar-refractivity contribution in [3.05, 3.63) is 64.8 Å². The predicted octanol–water partition coefficient (Wildman–Crippen LogP) is 3.85. The number of carboxylic acid groups (broad SMARTS) is 1. The fourth-order valence-electron chi connectivity index (χ4n) is 5.46. The number of aromatic carboxylic acids is 1. The molecule has 168 valence electrons. The number of nitrogens with zero attached hydrogens (tertiary/aromatic N) is 1. The third kappa shape index (κ3) is 3.65. The molecule has 3 N–H and O–H groups in total. The number of hydrogen-bond donors (Lipinski definition) is 3. The number of aryl methyl sites for hydroxylation is 1. The molecule has 2 aliphatic heterocycles. The average Bonchev–Trinajstić information content (AvgIpc) is 3.42. The number of aromatic nitrogens is 1. The van der Waals surface area contributed by atoms with Crippen molar-refractivity contribution in [2.24, 2.45) is 0 Å². The monoisotopic (exact) mass is 437 g/mol. The Morgan fingerprint density at radius 1 is 1.25 bits per heavy atom. The molecule has 0 amide bonds. The van der Waals surface area contributed by atoms with Gasteiger partial charge >= 0.3 is 5.97 Å². The number of ether oxygens (including phenoxy) is 1. The van der Waals surface area contributed by atoms with Crippen molar-refractivity contribution in [2.75, 3.05) is 20.2 Å². The highest BCUT2D eigenvalue weighted by Gasteiger charge is 2.43. The van der Waals surface area contributed by atoms with Crippen LogP contribution in [-0.4, -0.2) is 59.4 Å². The number of fused-ring (bicyclic) bond motifs is 2. The molecule has 5 rings (SSSR count). The maximum atomic E-state index is 14.4. The SMILES string of the molecule is COc1cc(C)c2[nH]ccc2c1C[C@H]1N[C@H](c2ccc(C(=O)O)cc2)CN2C[C@H](F)C[C@H]12. The minimum Gasteiger partial charge on any atom is -0.496 e. The first-order chi connectivity index (χ1) is 15.4. The molecule has 1 aromatic heterocycles. The van der Waals surface area contributed by atoms with Crippen molar-refractivity contribution in [1.29, 1.82) is 0 Å². The summed E-state index contributed by atoms with van der Waals surface area (Å²) in [6.07, 6.45) is 2.35. The quantitative estimate of drug-likeness (QED) is 0.565. The van der Waals surface area contributed by atoms with Crippen LogP contribution in [0.2, 0.25) is 0 Å². The van der Waals surface area contributed by atoms with Gasteiger partial charge in [0.15, 0.2) is 0 Å². The summed E-state index contributed by atoms with van der Waals surface area (Å²) in [5, 5.41) is 14.1. The van der Waals surface area contributed by atoms with E-state index in [0.717, 1.165) is 39.8 Å². The zero-order valence-electron chi connectivity index (χ0n) is 18.3. The van der Waals surface area contributed by atoms with Crippen molar-refractivity contribution in [1.82, 2.24) is 15.2 Å². The van der Waals surface area contributed by atoms with E-state index in [9.17, 15) is 14.3 Å². The molecule has 2 aromatic carbocycles. The number of rotatable bonds is 5. The molecule has 0 radical (unpaired) electrons. The van der Waals surface area contributed by atoms with Crippen LogP contribution >= 0.6 is 0 Å². The second-order valence-electron chi connectivity index (χ2n) is 8.95. The van der Waals surface area contributed by atoms with E-state index < -0.39 is 12.1 Å². The topological polar surface area (TPSA) is 77.6 Å². The Morgan fingerprint density at radius 3 is 2.75 bits per heavy atom. The number of aromatic amines is 1. The Bertz CT molecular complexity index is 1140. The zero-order valence-corrected chi connectivity index (χ0v) is 18.3. The number of piperazine rings is 1. The van der Waals surface area contributed by atoms with Crippen molar-refractivity contribution >= 4 is 16.9 Å². The first-order valence-corrected chi connectivity index (χ1v) is 11.1. The third-order valence-electron chi connectivity index (χ3n) is 7.01. The van der Waals surface area contributed by atoms with Gasteiger partial charge in [-0.25, -0.2) is 9.18 Å². The molecular formula is C25H28FN3O3. The molecule has 2 fully saturated rings. The number of H-pyrrole nitrogens is 1. The molecule has 0 spiro atoms. The van der Waals surface area contributed by atoms with Crippen molar-refractivity contribution < 1.29 is 19.0 Å². The summed E-state index contributed by atoms with van der Waals surface area (Å²) in [6.45, 7) is 3.21. The van der Waals surface area contributed by atoms with Gasteiger partial charge in [-0.3, -0.25) is 4.90 Å². The lowest BCUT2D eigenvalue weighted by Gasteiger charge is -2.42. The number of methoxy groups -OCH3 is 1. The summed E-state index contributed by atoms with van der Waals surface area (Å²) in [6, 6.07) is 11.3. The van der Waals surface area contributed by atoms with Crippen LogP contribution in [-0.2, 0) is 6.42 Å². The van der Waals surface area contributed by atoms with E-state index in [1.165, 1.54) is 0 Å². The molecular weight excluding hydrogens is 409 g/mol. The molecule has 0 unspecified atom stereocenters. The van der Waals surface area contributed by atoms with Gasteiger partial charge in [-0.15, -0.1) is 0 Å². The number of alkyl halides is 1. The number of nitrogens with one attached hydrogen (secondary N) is 2. The van der Waals surface area contributed by atoms with Gasteiger partial charge < -0.3 is 20.1 Å². The molecule has 2 aliphatic rings. The van der Waals surface area contributed by atoms with Crippen LogP contribution in [0.5, 0.6) is 5.75 Å². The zero-order chi connectivity index (χ0) is 22.4. The van der Waals surface area contributed by atoms with Crippen LogP contribution in [0.15, 0.2) is 42.6 Å². The Balaban J connectivity index is 1.48. The summed E-state index contributed by atoms with van der Waals surface area (Å²) in [5.74, 6) is -0.0847. The van der Waals surface area contributed by atoms with Crippen LogP contribution in [0.3, 0.4) is 0 Å². The second-order valence-corrected chi connectivity index (χ2v) is 8.95. The summed E-state index contributed by atoms with van der Waals surface area (Å²) in [5.41, 5.74) is 4.64. The van der Waals surface area contributed by atoms with Crippen LogP contribution < -0.4 is 10.1 Å². The highest BCUT2D eigenvalue weighted by atomic mass is 19.1. The Morgan fingerprint density at radius 2 is 2.03 bits per heavy atom. The first-order valence-electron chi connectivity index (χ1n) is 11.1. The number of carboxylic acids is 1. The lowest BCUT2D eigenvalue weighted by atomic mass is 9.90. The fraction of sp³-hybridized carbons (Fsp3) is 0.400. The highest BCUT2D eigenvalue weighted by molar-refractivity contribution is 5.88. The van der Waals surface area contributed by atoms with E-state index in [1.54, 1.807) is 19.2 Å². The van der Waals surface area contributed by atoms with E-state index in [0.29, 0.717) is 19.5 Å². The Hall–Kier alpha value is -2.90. The van der Waals surface area contributed by atoms with Gasteiger partial charge in [0.1, 0.15) is 11.9 Å². The fourth-order valence-corrected chi connectivity index (χ4v) is 5.46. The van der Waals surface area contributed by atoms with Crippen LogP contribution in [0.25, 0.3) is 10.9 Å². The van der Waals surface area contributed by atoms with Gasteiger partial charge in [-0.1, -0.05) is 12.1 Å². The second kappa shape index (κ2) is 8.22. The first kappa shape index (κ1) is 21.0. The number of carbonyl (C=O) groups is 1. The lowest BCUT2D eigenvalue weighted by Crippen LogP contribution is -2.57. The van der Waals surface area contributed by atoms with Crippen molar-refractivity contribution in [3.63, 3.8) is 0 Å². The van der Waals surface area contributed by atoms with Crippen LogP contribution in [0.4, 0.5) is 4.39 Å². The third-order valence-corrected chi connectivity index (χ3v) is 7.01. The minimum absolute atomic E-state index is 0.00236. The molecule has 2 saturated heterocycles. The molecule has 3 aromatic rings. The number of halogens is 1. The van der Waals surface area contributed by atoms with Crippen LogP contribution in [0, 0.1) is 6.92 Å². The highest BCUT2D eigenvalue weighted by Crippen LogP contribution is 2.36. The van der Waals surface area contributed by atoms with Gasteiger partial charge in [0.05, 0.1) is 12.7 Å². The van der Waals surface area contributed by atoms with Gasteiger partial charge in [0, 0.05) is 53.9 Å². The van der Waals surface area contributed by atoms with E-state index in [4.69, 9.17) is 4.74 Å². The van der Waals surface area contributed by atoms with E-state index in [-0.39, 0.29) is 23.7 Å². The molecule has 0 bridgehead atoms. The number of hydrogen-bond acceptors (Lipinski definition) is 4. The maximum absolute atomic E-state index is 14.4. The van der Waals surface area contributed by atoms with E-state index >= 15 is 0 Å². The Kier molecular flexibility index (Phi) is 5.39. The number of benzene rings is 2. The molecule has 0 aliphatic carbocycles. The maximum Gasteiger partial charge on any atom is 0.335 e. The van der Waals surface area contributed by atoms with Crippen molar-refractivity contribution in [3.8, 4) is 5.75 Å².